The number of carboxylic acids is 1. The SMILES string of the molecule is Cc1cc(CN(CC2CCCC2)[C@@H](CC(=O)O)c2ccc(Cl)c(Cl)c2)ccc1OCCN1C(=O)CN(C)C1=O. The number of benzene rings is 2. The van der Waals surface area contributed by atoms with Crippen molar-refractivity contribution in [3.05, 3.63) is 63.1 Å². The zero-order valence-corrected chi connectivity index (χ0v) is 23.9. The Hall–Kier alpha value is -2.81. The highest BCUT2D eigenvalue weighted by molar-refractivity contribution is 6.42. The highest BCUT2D eigenvalue weighted by atomic mass is 35.5. The first-order chi connectivity index (χ1) is 18.6. The van der Waals surface area contributed by atoms with Crippen molar-refractivity contribution in [3.63, 3.8) is 0 Å². The van der Waals surface area contributed by atoms with Crippen molar-refractivity contribution in [2.45, 2.75) is 51.6 Å². The van der Waals surface area contributed by atoms with Crippen molar-refractivity contribution in [2.75, 3.05) is 33.3 Å². The van der Waals surface area contributed by atoms with Gasteiger partial charge in [0.2, 0.25) is 5.91 Å². The van der Waals surface area contributed by atoms with Gasteiger partial charge < -0.3 is 14.7 Å². The number of carbonyl (C=O) groups is 3. The van der Waals surface area contributed by atoms with Crippen LogP contribution in [0.3, 0.4) is 0 Å². The lowest BCUT2D eigenvalue weighted by atomic mass is 9.98. The van der Waals surface area contributed by atoms with Crippen molar-refractivity contribution in [1.82, 2.24) is 14.7 Å². The minimum absolute atomic E-state index is 0.0476. The van der Waals surface area contributed by atoms with Crippen LogP contribution in [0.2, 0.25) is 10.0 Å². The molecule has 2 aromatic rings. The number of aliphatic carboxylic acids is 1. The van der Waals surface area contributed by atoms with E-state index < -0.39 is 5.97 Å². The van der Waals surface area contributed by atoms with Gasteiger partial charge in [0.05, 0.1) is 23.0 Å². The Bertz CT molecular complexity index is 1220. The summed E-state index contributed by atoms with van der Waals surface area (Å²) in [5, 5.41) is 10.6. The molecule has 1 aliphatic carbocycles. The molecule has 3 amide bonds. The van der Waals surface area contributed by atoms with E-state index in [1.165, 1.54) is 22.6 Å². The zero-order chi connectivity index (χ0) is 28.1. The van der Waals surface area contributed by atoms with Gasteiger partial charge in [0.15, 0.2) is 0 Å². The fraction of sp³-hybridized carbons (Fsp3) is 0.483. The number of rotatable bonds is 12. The maximum Gasteiger partial charge on any atom is 0.327 e. The number of hydrogen-bond acceptors (Lipinski definition) is 5. The van der Waals surface area contributed by atoms with Crippen molar-refractivity contribution >= 4 is 41.1 Å². The van der Waals surface area contributed by atoms with Gasteiger partial charge in [-0.25, -0.2) is 4.79 Å². The molecule has 1 heterocycles. The van der Waals surface area contributed by atoms with Gasteiger partial charge in [0.25, 0.3) is 0 Å². The molecule has 1 saturated carbocycles. The Labute approximate surface area is 239 Å². The molecule has 1 saturated heterocycles. The average Bonchev–Trinajstić information content (AvgIpc) is 3.48. The van der Waals surface area contributed by atoms with Crippen LogP contribution in [0.4, 0.5) is 4.79 Å². The molecule has 39 heavy (non-hydrogen) atoms. The maximum absolute atomic E-state index is 12.1. The Balaban J connectivity index is 1.50. The number of carboxylic acid groups (broad SMARTS) is 1. The van der Waals surface area contributed by atoms with Crippen molar-refractivity contribution in [1.29, 1.82) is 0 Å². The molecule has 2 aliphatic rings. The smallest absolute Gasteiger partial charge is 0.327 e. The number of urea groups is 1. The fourth-order valence-corrected chi connectivity index (χ4v) is 5.82. The van der Waals surface area contributed by atoms with Crippen LogP contribution >= 0.6 is 23.2 Å². The fourth-order valence-electron chi connectivity index (χ4n) is 5.51. The van der Waals surface area contributed by atoms with Gasteiger partial charge in [-0.15, -0.1) is 0 Å². The summed E-state index contributed by atoms with van der Waals surface area (Å²) in [6, 6.07) is 10.6. The molecule has 0 unspecified atom stereocenters. The topological polar surface area (TPSA) is 90.4 Å². The van der Waals surface area contributed by atoms with Crippen molar-refractivity contribution < 1.29 is 24.2 Å². The number of imide groups is 1. The summed E-state index contributed by atoms with van der Waals surface area (Å²) >= 11 is 12.5. The van der Waals surface area contributed by atoms with E-state index in [2.05, 4.69) is 4.90 Å². The third kappa shape index (κ3) is 7.44. The Kier molecular flexibility index (Phi) is 9.75. The normalized spacial score (nSPS) is 16.9. The molecule has 10 heteroatoms. The van der Waals surface area contributed by atoms with E-state index in [0.29, 0.717) is 28.3 Å². The Morgan fingerprint density at radius 1 is 1.13 bits per heavy atom. The van der Waals surface area contributed by atoms with Gasteiger partial charge >= 0.3 is 12.0 Å². The molecule has 0 radical (unpaired) electrons. The number of amides is 3. The van der Waals surface area contributed by atoms with Crippen LogP contribution in [0.25, 0.3) is 0 Å². The Morgan fingerprint density at radius 2 is 1.87 bits per heavy atom. The second kappa shape index (κ2) is 13.0. The molecule has 2 aromatic carbocycles. The number of carbonyl (C=O) groups excluding carboxylic acids is 2. The standard InChI is InChI=1S/C29H35Cl2N3O5/c1-19-13-21(7-10-26(19)39-12-11-34-27(35)18-32(2)29(34)38)17-33(16-20-5-3-4-6-20)25(15-28(36)37)22-8-9-23(30)24(31)14-22/h7-10,13-14,20,25H,3-6,11-12,15-18H2,1-2H3,(H,36,37)/t25-/m0/s1. The van der Waals surface area contributed by atoms with Crippen molar-refractivity contribution in [3.8, 4) is 5.75 Å². The molecule has 1 aliphatic heterocycles. The summed E-state index contributed by atoms with van der Waals surface area (Å²) in [4.78, 5) is 40.8. The highest BCUT2D eigenvalue weighted by Crippen LogP contribution is 2.35. The number of nitrogens with zero attached hydrogens (tertiary/aromatic N) is 3. The van der Waals surface area contributed by atoms with Crippen LogP contribution < -0.4 is 4.74 Å². The first-order valence-electron chi connectivity index (χ1n) is 13.3. The maximum atomic E-state index is 12.1. The monoisotopic (exact) mass is 575 g/mol. The first kappa shape index (κ1) is 29.2. The predicted octanol–water partition coefficient (Wildman–Crippen LogP) is 5.78. The number of aryl methyl sites for hydroxylation is 1. The molecule has 8 nitrogen and oxygen atoms in total. The van der Waals surface area contributed by atoms with Gasteiger partial charge in [0.1, 0.15) is 18.9 Å². The Morgan fingerprint density at radius 3 is 2.49 bits per heavy atom. The minimum atomic E-state index is -0.872. The van der Waals surface area contributed by atoms with Gasteiger partial charge in [0, 0.05) is 26.2 Å². The van der Waals surface area contributed by atoms with Crippen LogP contribution in [0, 0.1) is 12.8 Å². The summed E-state index contributed by atoms with van der Waals surface area (Å²) < 4.78 is 5.91. The van der Waals surface area contributed by atoms with Gasteiger partial charge in [-0.3, -0.25) is 19.4 Å². The second-order valence-corrected chi connectivity index (χ2v) is 11.3. The van der Waals surface area contributed by atoms with Crippen LogP contribution in [0.1, 0.15) is 54.8 Å². The van der Waals surface area contributed by atoms with E-state index in [0.717, 1.165) is 36.1 Å². The molecule has 1 atom stereocenters. The lowest BCUT2D eigenvalue weighted by molar-refractivity contribution is -0.138. The zero-order valence-electron chi connectivity index (χ0n) is 22.4. The van der Waals surface area contributed by atoms with Crippen LogP contribution in [-0.4, -0.2) is 71.0 Å². The molecule has 4 rings (SSSR count). The van der Waals surface area contributed by atoms with Crippen LogP contribution in [-0.2, 0) is 16.1 Å². The van der Waals surface area contributed by atoms with E-state index >= 15 is 0 Å². The molecule has 0 aromatic heterocycles. The van der Waals surface area contributed by atoms with Gasteiger partial charge in [-0.1, -0.05) is 54.2 Å². The number of hydrogen-bond donors (Lipinski definition) is 1. The van der Waals surface area contributed by atoms with Gasteiger partial charge in [-0.2, -0.15) is 0 Å². The van der Waals surface area contributed by atoms with E-state index in [1.807, 2.05) is 31.2 Å². The lowest BCUT2D eigenvalue weighted by Gasteiger charge is -2.34. The summed E-state index contributed by atoms with van der Waals surface area (Å²) in [7, 11) is 1.60. The van der Waals surface area contributed by atoms with E-state index in [4.69, 9.17) is 27.9 Å². The second-order valence-electron chi connectivity index (χ2n) is 10.5. The quantitative estimate of drug-likeness (QED) is 0.322. The molecule has 2 fully saturated rings. The summed E-state index contributed by atoms with van der Waals surface area (Å²) in [6.45, 7) is 3.81. The summed E-state index contributed by atoms with van der Waals surface area (Å²) in [5.74, 6) is 0.102. The average molecular weight is 577 g/mol. The summed E-state index contributed by atoms with van der Waals surface area (Å²) in [6.07, 6.45) is 4.63. The molecular weight excluding hydrogens is 541 g/mol. The van der Waals surface area contributed by atoms with E-state index in [1.54, 1.807) is 19.2 Å². The summed E-state index contributed by atoms with van der Waals surface area (Å²) in [5.41, 5.74) is 2.80. The third-order valence-electron chi connectivity index (χ3n) is 7.53. The van der Waals surface area contributed by atoms with E-state index in [9.17, 15) is 19.5 Å². The first-order valence-corrected chi connectivity index (χ1v) is 14.1. The number of likely N-dealkylation sites (N-methyl/N-ethyl adjacent to an activating group) is 1. The molecule has 0 spiro atoms. The predicted molar refractivity (Wildman–Crippen MR) is 150 cm³/mol. The van der Waals surface area contributed by atoms with Gasteiger partial charge in [-0.05, 0) is 60.6 Å². The third-order valence-corrected chi connectivity index (χ3v) is 8.27. The highest BCUT2D eigenvalue weighted by Gasteiger charge is 2.33. The number of ether oxygens (including phenoxy) is 1. The van der Waals surface area contributed by atoms with Crippen molar-refractivity contribution in [2.24, 2.45) is 5.92 Å². The lowest BCUT2D eigenvalue weighted by Crippen LogP contribution is -2.35. The molecule has 0 bridgehead atoms. The van der Waals surface area contributed by atoms with Crippen LogP contribution in [0.5, 0.6) is 5.75 Å². The number of halogens is 2. The molecular formula is C29H35Cl2N3O5. The van der Waals surface area contributed by atoms with Crippen LogP contribution in [0.15, 0.2) is 36.4 Å². The minimum Gasteiger partial charge on any atom is -0.491 e. The largest absolute Gasteiger partial charge is 0.491 e. The van der Waals surface area contributed by atoms with E-state index in [-0.39, 0.29) is 44.1 Å². The molecule has 1 N–H and O–H groups in total. The molecule has 210 valence electrons.